The van der Waals surface area contributed by atoms with Crippen LogP contribution in [0.2, 0.25) is 5.02 Å². The summed E-state index contributed by atoms with van der Waals surface area (Å²) in [5.41, 5.74) is 1.42. The number of benzene rings is 1. The van der Waals surface area contributed by atoms with Gasteiger partial charge in [0.1, 0.15) is 5.56 Å². The fourth-order valence-corrected chi connectivity index (χ4v) is 2.86. The largest absolute Gasteiger partial charge is 0.345 e. The minimum Gasteiger partial charge on any atom is -0.345 e. The molecule has 1 atom stereocenters. The van der Waals surface area contributed by atoms with E-state index in [2.05, 4.69) is 5.32 Å². The SMILES string of the molecule is CCC(NC(=O)c1ccc2cc(Cl)ccn2c1=O)c1ccccc1. The summed E-state index contributed by atoms with van der Waals surface area (Å²) < 4.78 is 1.42. The lowest BCUT2D eigenvalue weighted by molar-refractivity contribution is 0.0934. The summed E-state index contributed by atoms with van der Waals surface area (Å²) in [5, 5.41) is 3.48. The number of nitrogens with one attached hydrogen (secondary N) is 1. The summed E-state index contributed by atoms with van der Waals surface area (Å²) >= 11 is 5.93. The highest BCUT2D eigenvalue weighted by Gasteiger charge is 2.17. The third kappa shape index (κ3) is 3.19. The van der Waals surface area contributed by atoms with Gasteiger partial charge in [0.2, 0.25) is 0 Å². The quantitative estimate of drug-likeness (QED) is 0.784. The zero-order valence-corrected chi connectivity index (χ0v) is 14.0. The summed E-state index contributed by atoms with van der Waals surface area (Å²) in [6, 6.07) is 16.1. The van der Waals surface area contributed by atoms with Crippen LogP contribution < -0.4 is 10.9 Å². The van der Waals surface area contributed by atoms with Crippen molar-refractivity contribution in [1.29, 1.82) is 0 Å². The number of aromatic nitrogens is 1. The smallest absolute Gasteiger partial charge is 0.267 e. The number of amides is 1. The van der Waals surface area contributed by atoms with Gasteiger partial charge in [-0.1, -0.05) is 48.9 Å². The number of fused-ring (bicyclic) bond motifs is 1. The van der Waals surface area contributed by atoms with Gasteiger partial charge in [0.05, 0.1) is 11.6 Å². The average Bonchev–Trinajstić information content (AvgIpc) is 2.60. The average molecular weight is 341 g/mol. The van der Waals surface area contributed by atoms with Crippen LogP contribution in [0.5, 0.6) is 0 Å². The van der Waals surface area contributed by atoms with Crippen LogP contribution in [0, 0.1) is 0 Å². The Kier molecular flexibility index (Phi) is 4.67. The van der Waals surface area contributed by atoms with Crippen LogP contribution in [0.1, 0.15) is 35.3 Å². The number of nitrogens with zero attached hydrogens (tertiary/aromatic N) is 1. The lowest BCUT2D eigenvalue weighted by atomic mass is 10.0. The molecule has 4 nitrogen and oxygen atoms in total. The molecule has 3 aromatic rings. The molecule has 0 spiro atoms. The molecule has 3 rings (SSSR count). The summed E-state index contributed by atoms with van der Waals surface area (Å²) in [4.78, 5) is 25.1. The Bertz CT molecular complexity index is 935. The van der Waals surface area contributed by atoms with Crippen LogP contribution in [0.3, 0.4) is 0 Å². The first kappa shape index (κ1) is 16.3. The van der Waals surface area contributed by atoms with E-state index in [1.807, 2.05) is 37.3 Å². The van der Waals surface area contributed by atoms with Crippen molar-refractivity contribution in [2.75, 3.05) is 0 Å². The van der Waals surface area contributed by atoms with Crippen molar-refractivity contribution in [3.8, 4) is 0 Å². The van der Waals surface area contributed by atoms with Gasteiger partial charge in [-0.05, 0) is 36.2 Å². The predicted molar refractivity (Wildman–Crippen MR) is 95.6 cm³/mol. The van der Waals surface area contributed by atoms with E-state index < -0.39 is 0 Å². The molecule has 2 aromatic heterocycles. The first-order valence-electron chi connectivity index (χ1n) is 7.77. The minimum absolute atomic E-state index is 0.115. The van der Waals surface area contributed by atoms with Gasteiger partial charge < -0.3 is 5.32 Å². The number of hydrogen-bond donors (Lipinski definition) is 1. The second kappa shape index (κ2) is 6.89. The molecule has 2 heterocycles. The second-order valence-corrected chi connectivity index (χ2v) is 5.97. The highest BCUT2D eigenvalue weighted by molar-refractivity contribution is 6.30. The minimum atomic E-state index is -0.375. The van der Waals surface area contributed by atoms with Crippen LogP contribution in [-0.4, -0.2) is 10.3 Å². The highest BCUT2D eigenvalue weighted by Crippen LogP contribution is 2.17. The molecule has 122 valence electrons. The summed E-state index contributed by atoms with van der Waals surface area (Å²) in [6.07, 6.45) is 2.31. The fourth-order valence-electron chi connectivity index (χ4n) is 2.69. The predicted octanol–water partition coefficient (Wildman–Crippen LogP) is 3.83. The van der Waals surface area contributed by atoms with E-state index in [1.54, 1.807) is 30.5 Å². The Morgan fingerprint density at radius 3 is 2.62 bits per heavy atom. The van der Waals surface area contributed by atoms with E-state index in [4.69, 9.17) is 11.6 Å². The molecule has 0 radical (unpaired) electrons. The Balaban J connectivity index is 1.92. The van der Waals surface area contributed by atoms with Crippen LogP contribution in [0.15, 0.2) is 65.6 Å². The molecule has 0 aliphatic rings. The van der Waals surface area contributed by atoms with Gasteiger partial charge in [0.15, 0.2) is 0 Å². The lowest BCUT2D eigenvalue weighted by Gasteiger charge is -2.17. The molecular formula is C19H17ClN2O2. The van der Waals surface area contributed by atoms with Gasteiger partial charge in [-0.25, -0.2) is 0 Å². The van der Waals surface area contributed by atoms with Gasteiger partial charge in [-0.2, -0.15) is 0 Å². The number of halogens is 1. The van der Waals surface area contributed by atoms with Gasteiger partial charge in [-0.3, -0.25) is 14.0 Å². The molecule has 0 aliphatic heterocycles. The Morgan fingerprint density at radius 1 is 1.17 bits per heavy atom. The molecule has 1 N–H and O–H groups in total. The summed E-state index contributed by atoms with van der Waals surface area (Å²) in [6.45, 7) is 1.99. The van der Waals surface area contributed by atoms with Gasteiger partial charge in [0.25, 0.3) is 11.5 Å². The van der Waals surface area contributed by atoms with Crippen LogP contribution in [-0.2, 0) is 0 Å². The van der Waals surface area contributed by atoms with E-state index >= 15 is 0 Å². The molecule has 1 aromatic carbocycles. The van der Waals surface area contributed by atoms with Crippen molar-refractivity contribution in [3.05, 3.63) is 87.3 Å². The Morgan fingerprint density at radius 2 is 1.92 bits per heavy atom. The number of carbonyl (C=O) groups is 1. The zero-order chi connectivity index (χ0) is 17.1. The topological polar surface area (TPSA) is 50.6 Å². The molecule has 0 bridgehead atoms. The molecule has 1 amide bonds. The molecule has 1 unspecified atom stereocenters. The molecule has 0 fully saturated rings. The molecule has 0 saturated carbocycles. The first-order valence-corrected chi connectivity index (χ1v) is 8.14. The van der Waals surface area contributed by atoms with Gasteiger partial charge in [0, 0.05) is 11.2 Å². The van der Waals surface area contributed by atoms with Crippen molar-refractivity contribution in [1.82, 2.24) is 9.72 Å². The third-order valence-electron chi connectivity index (χ3n) is 3.98. The molecule has 0 aliphatic carbocycles. The van der Waals surface area contributed by atoms with Crippen molar-refractivity contribution in [2.24, 2.45) is 0 Å². The van der Waals surface area contributed by atoms with Crippen LogP contribution in [0.4, 0.5) is 0 Å². The second-order valence-electron chi connectivity index (χ2n) is 5.54. The van der Waals surface area contributed by atoms with Crippen molar-refractivity contribution < 1.29 is 4.79 Å². The fraction of sp³-hybridized carbons (Fsp3) is 0.158. The number of carbonyl (C=O) groups excluding carboxylic acids is 1. The van der Waals surface area contributed by atoms with E-state index in [1.165, 1.54) is 4.40 Å². The van der Waals surface area contributed by atoms with Gasteiger partial charge in [-0.15, -0.1) is 0 Å². The third-order valence-corrected chi connectivity index (χ3v) is 4.21. The summed E-state index contributed by atoms with van der Waals surface area (Å²) in [7, 11) is 0. The molecule has 5 heteroatoms. The lowest BCUT2D eigenvalue weighted by Crippen LogP contribution is -2.33. The van der Waals surface area contributed by atoms with Crippen molar-refractivity contribution >= 4 is 23.0 Å². The Hall–Kier alpha value is -2.59. The van der Waals surface area contributed by atoms with Crippen molar-refractivity contribution in [2.45, 2.75) is 19.4 Å². The molecule has 24 heavy (non-hydrogen) atoms. The normalized spacial score (nSPS) is 12.1. The monoisotopic (exact) mass is 340 g/mol. The van der Waals surface area contributed by atoms with E-state index in [9.17, 15) is 9.59 Å². The highest BCUT2D eigenvalue weighted by atomic mass is 35.5. The number of pyridine rings is 2. The zero-order valence-electron chi connectivity index (χ0n) is 13.2. The molecular weight excluding hydrogens is 324 g/mol. The van der Waals surface area contributed by atoms with Crippen LogP contribution >= 0.6 is 11.6 Å². The Labute approximate surface area is 144 Å². The summed E-state index contributed by atoms with van der Waals surface area (Å²) in [5.74, 6) is -0.375. The van der Waals surface area contributed by atoms with Crippen molar-refractivity contribution in [3.63, 3.8) is 0 Å². The number of hydrogen-bond acceptors (Lipinski definition) is 2. The van der Waals surface area contributed by atoms with Gasteiger partial charge >= 0.3 is 0 Å². The maximum absolute atomic E-state index is 12.6. The maximum Gasteiger partial charge on any atom is 0.267 e. The van der Waals surface area contributed by atoms with Crippen LogP contribution in [0.25, 0.3) is 5.52 Å². The van der Waals surface area contributed by atoms with E-state index in [0.717, 1.165) is 12.0 Å². The molecule has 0 saturated heterocycles. The maximum atomic E-state index is 12.6. The number of rotatable bonds is 4. The van der Waals surface area contributed by atoms with E-state index in [0.29, 0.717) is 10.5 Å². The standard InChI is InChI=1S/C19H17ClN2O2/c1-2-17(13-6-4-3-5-7-13)21-18(23)16-9-8-15-12-14(20)10-11-22(15)19(16)24/h3-12,17H,2H2,1H3,(H,21,23). The first-order chi connectivity index (χ1) is 11.6. The van der Waals surface area contributed by atoms with E-state index in [-0.39, 0.29) is 23.1 Å².